The fraction of sp³-hybridized carbons (Fsp3) is 0.357. The highest BCUT2D eigenvalue weighted by atomic mass is 32.1. The number of hydrogen-bond acceptors (Lipinski definition) is 9. The third-order valence-corrected chi connectivity index (χ3v) is 8.93. The molecule has 0 aliphatic carbocycles. The summed E-state index contributed by atoms with van der Waals surface area (Å²) in [4.78, 5) is 41.2. The fourth-order valence-corrected chi connectivity index (χ4v) is 6.67. The third kappa shape index (κ3) is 4.41. The summed E-state index contributed by atoms with van der Waals surface area (Å²) in [5.41, 5.74) is 14.8. The molecule has 0 bridgehead atoms. The number of aliphatic imine (C=N–C) groups is 1. The van der Waals surface area contributed by atoms with Gasteiger partial charge in [0.1, 0.15) is 26.9 Å². The van der Waals surface area contributed by atoms with Crippen molar-refractivity contribution in [3.8, 4) is 11.3 Å². The van der Waals surface area contributed by atoms with Crippen molar-refractivity contribution >= 4 is 62.1 Å². The first kappa shape index (κ1) is 25.3. The highest BCUT2D eigenvalue weighted by molar-refractivity contribution is 7.21. The predicted molar refractivity (Wildman–Crippen MR) is 156 cm³/mol. The number of amides is 2. The molecule has 0 spiro atoms. The van der Waals surface area contributed by atoms with Crippen molar-refractivity contribution < 1.29 is 14.0 Å². The van der Waals surface area contributed by atoms with E-state index >= 15 is 0 Å². The highest BCUT2D eigenvalue weighted by Gasteiger charge is 2.32. The Balaban J connectivity index is 1.44. The molecule has 2 aliphatic rings. The van der Waals surface area contributed by atoms with Gasteiger partial charge in [0.15, 0.2) is 0 Å². The molecule has 2 amide bonds. The molecule has 4 aromatic rings. The standard InChI is InChI=1S/C28H31N7O3S/c1-31-14-18-22(20-13-16-5-3-4-6-19(16)38-20)23-24(29)25(26(30)37)39-28(23)32-27(18)34-9-7-17(8-10-34)35-12-11-33(2)21(36)15-35/h3-6,13-14,17H,7-12,15,29H2,1-2H3,(H2,30,37). The molecule has 6 rings (SSSR count). The molecule has 2 aliphatic heterocycles. The fourth-order valence-electron chi connectivity index (χ4n) is 5.72. The van der Waals surface area contributed by atoms with Crippen LogP contribution in [0.5, 0.6) is 0 Å². The number of anilines is 2. The van der Waals surface area contributed by atoms with Gasteiger partial charge in [-0.05, 0) is 25.0 Å². The van der Waals surface area contributed by atoms with Crippen LogP contribution in [0.25, 0.3) is 32.5 Å². The monoisotopic (exact) mass is 545 g/mol. The number of rotatable bonds is 5. The van der Waals surface area contributed by atoms with Crippen LogP contribution >= 0.6 is 11.3 Å². The van der Waals surface area contributed by atoms with E-state index in [-0.39, 0.29) is 10.8 Å². The van der Waals surface area contributed by atoms with Crippen LogP contribution in [-0.2, 0) is 4.79 Å². The lowest BCUT2D eigenvalue weighted by Gasteiger charge is -2.42. The van der Waals surface area contributed by atoms with Gasteiger partial charge in [-0.2, -0.15) is 0 Å². The summed E-state index contributed by atoms with van der Waals surface area (Å²) < 4.78 is 6.31. The largest absolute Gasteiger partial charge is 0.456 e. The van der Waals surface area contributed by atoms with E-state index in [0.717, 1.165) is 66.9 Å². The van der Waals surface area contributed by atoms with Gasteiger partial charge in [0, 0.05) is 74.4 Å². The number of para-hydroxylation sites is 1. The number of pyridine rings is 1. The van der Waals surface area contributed by atoms with E-state index in [2.05, 4.69) is 14.8 Å². The molecule has 202 valence electrons. The molecule has 2 fully saturated rings. The first-order valence-electron chi connectivity index (χ1n) is 13.1. The Hall–Kier alpha value is -3.96. The second-order valence-corrected chi connectivity index (χ2v) is 11.2. The molecular formula is C28H31N7O3S. The lowest BCUT2D eigenvalue weighted by molar-refractivity contribution is -0.135. The lowest BCUT2D eigenvalue weighted by Crippen LogP contribution is -2.54. The highest BCUT2D eigenvalue weighted by Crippen LogP contribution is 2.45. The first-order chi connectivity index (χ1) is 18.9. The molecule has 0 atom stereocenters. The van der Waals surface area contributed by atoms with Crippen LogP contribution < -0.4 is 16.4 Å². The van der Waals surface area contributed by atoms with E-state index < -0.39 is 5.91 Å². The van der Waals surface area contributed by atoms with Crippen LogP contribution in [0.15, 0.2) is 39.7 Å². The van der Waals surface area contributed by atoms with E-state index in [1.807, 2.05) is 37.4 Å². The number of primary amides is 1. The number of benzene rings is 1. The summed E-state index contributed by atoms with van der Waals surface area (Å²) in [6, 6.07) is 10.1. The van der Waals surface area contributed by atoms with Crippen LogP contribution in [0, 0.1) is 0 Å². The molecule has 39 heavy (non-hydrogen) atoms. The number of aromatic nitrogens is 1. The smallest absolute Gasteiger partial charge is 0.260 e. The van der Waals surface area contributed by atoms with E-state index in [0.29, 0.717) is 34.3 Å². The number of furan rings is 1. The van der Waals surface area contributed by atoms with Crippen molar-refractivity contribution in [1.29, 1.82) is 0 Å². The van der Waals surface area contributed by atoms with Gasteiger partial charge < -0.3 is 25.7 Å². The SMILES string of the molecule is CN=Cc1c(N2CCC(N3CCN(C)C(=O)C3)CC2)nc2sc(C(N)=O)c(N)c2c1-c1cc2ccccc2o1. The minimum Gasteiger partial charge on any atom is -0.456 e. The Bertz CT molecular complexity index is 1580. The van der Waals surface area contributed by atoms with Gasteiger partial charge in [0.25, 0.3) is 5.91 Å². The zero-order valence-corrected chi connectivity index (χ0v) is 22.8. The van der Waals surface area contributed by atoms with Crippen LogP contribution in [0.4, 0.5) is 11.5 Å². The molecule has 0 saturated carbocycles. The average molecular weight is 546 g/mol. The Morgan fingerprint density at radius 2 is 1.97 bits per heavy atom. The maximum absolute atomic E-state index is 12.3. The Morgan fingerprint density at radius 1 is 1.21 bits per heavy atom. The third-order valence-electron chi connectivity index (χ3n) is 7.82. The topological polar surface area (TPSA) is 134 Å². The number of hydrogen-bond donors (Lipinski definition) is 2. The summed E-state index contributed by atoms with van der Waals surface area (Å²) in [6.07, 6.45) is 3.62. The minimum absolute atomic E-state index is 0.174. The maximum atomic E-state index is 12.3. The van der Waals surface area contributed by atoms with Crippen molar-refractivity contribution in [3.63, 3.8) is 0 Å². The van der Waals surface area contributed by atoms with E-state index in [1.165, 1.54) is 11.3 Å². The number of likely N-dealkylation sites (N-methyl/N-ethyl adjacent to an activating group) is 1. The minimum atomic E-state index is -0.583. The van der Waals surface area contributed by atoms with Crippen molar-refractivity contribution in [3.05, 3.63) is 40.8 Å². The molecular weight excluding hydrogens is 514 g/mol. The van der Waals surface area contributed by atoms with Gasteiger partial charge in [0.05, 0.1) is 12.2 Å². The number of nitrogens with zero attached hydrogens (tertiary/aromatic N) is 5. The van der Waals surface area contributed by atoms with Crippen molar-refractivity contribution in [2.24, 2.45) is 10.7 Å². The Kier molecular flexibility index (Phi) is 6.48. The summed E-state index contributed by atoms with van der Waals surface area (Å²) in [5, 5.41) is 1.61. The number of fused-ring (bicyclic) bond motifs is 2. The molecule has 1 aromatic carbocycles. The molecule has 2 saturated heterocycles. The second-order valence-electron chi connectivity index (χ2n) is 10.2. The summed E-state index contributed by atoms with van der Waals surface area (Å²) >= 11 is 1.20. The van der Waals surface area contributed by atoms with Gasteiger partial charge >= 0.3 is 0 Å². The first-order valence-corrected chi connectivity index (χ1v) is 13.9. The number of carbonyl (C=O) groups is 2. The number of piperazine rings is 1. The van der Waals surface area contributed by atoms with E-state index in [9.17, 15) is 9.59 Å². The number of nitrogen functional groups attached to an aromatic ring is 1. The predicted octanol–water partition coefficient (Wildman–Crippen LogP) is 3.18. The van der Waals surface area contributed by atoms with E-state index in [4.69, 9.17) is 20.9 Å². The molecule has 0 radical (unpaired) electrons. The molecule has 11 heteroatoms. The molecule has 5 heterocycles. The Morgan fingerprint density at radius 3 is 2.67 bits per heavy atom. The van der Waals surface area contributed by atoms with Crippen LogP contribution in [0.1, 0.15) is 28.1 Å². The molecule has 4 N–H and O–H groups in total. The van der Waals surface area contributed by atoms with Crippen molar-refractivity contribution in [2.75, 3.05) is 57.5 Å². The van der Waals surface area contributed by atoms with Crippen molar-refractivity contribution in [1.82, 2.24) is 14.8 Å². The van der Waals surface area contributed by atoms with Gasteiger partial charge in [-0.3, -0.25) is 19.5 Å². The summed E-state index contributed by atoms with van der Waals surface area (Å²) in [6.45, 7) is 3.68. The van der Waals surface area contributed by atoms with Crippen LogP contribution in [-0.4, -0.2) is 85.7 Å². The molecule has 3 aromatic heterocycles. The zero-order valence-electron chi connectivity index (χ0n) is 22.0. The quantitative estimate of drug-likeness (QED) is 0.368. The Labute approximate surface area is 229 Å². The van der Waals surface area contributed by atoms with Gasteiger partial charge in [-0.25, -0.2) is 4.98 Å². The number of nitrogens with two attached hydrogens (primary N) is 2. The average Bonchev–Trinajstić information content (AvgIpc) is 3.51. The maximum Gasteiger partial charge on any atom is 0.260 e. The lowest BCUT2D eigenvalue weighted by atomic mass is 9.98. The number of carbonyl (C=O) groups excluding carboxylic acids is 2. The van der Waals surface area contributed by atoms with Crippen LogP contribution in [0.2, 0.25) is 0 Å². The number of thiophene rings is 1. The van der Waals surface area contributed by atoms with E-state index in [1.54, 1.807) is 18.2 Å². The molecule has 0 unspecified atom stereocenters. The summed E-state index contributed by atoms with van der Waals surface area (Å²) in [5.74, 6) is 0.994. The molecule has 10 nitrogen and oxygen atoms in total. The van der Waals surface area contributed by atoms with Gasteiger partial charge in [-0.1, -0.05) is 18.2 Å². The summed E-state index contributed by atoms with van der Waals surface area (Å²) in [7, 11) is 3.58. The normalized spacial score (nSPS) is 17.7. The van der Waals surface area contributed by atoms with Gasteiger partial charge in [-0.15, -0.1) is 11.3 Å². The second kappa shape index (κ2) is 9.97. The van der Waals surface area contributed by atoms with Gasteiger partial charge in [0.2, 0.25) is 5.91 Å². The zero-order chi connectivity index (χ0) is 27.3. The number of piperidine rings is 1. The van der Waals surface area contributed by atoms with Crippen molar-refractivity contribution in [2.45, 2.75) is 18.9 Å². The van der Waals surface area contributed by atoms with Crippen LogP contribution in [0.3, 0.4) is 0 Å².